The molecule has 9 heteroatoms. The zero-order valence-electron chi connectivity index (χ0n) is 18.1. The highest BCUT2D eigenvalue weighted by atomic mass is 32.2. The summed E-state index contributed by atoms with van der Waals surface area (Å²) in [6, 6.07) is 8.17. The summed E-state index contributed by atoms with van der Waals surface area (Å²) in [7, 11) is -4.11. The van der Waals surface area contributed by atoms with Crippen molar-refractivity contribution in [3.8, 4) is 0 Å². The van der Waals surface area contributed by atoms with E-state index in [0.29, 0.717) is 12.2 Å². The fourth-order valence-electron chi connectivity index (χ4n) is 4.60. The van der Waals surface area contributed by atoms with E-state index in [1.165, 1.54) is 12.3 Å². The lowest BCUT2D eigenvalue weighted by atomic mass is 9.70. The van der Waals surface area contributed by atoms with Gasteiger partial charge in [0.25, 0.3) is 0 Å². The van der Waals surface area contributed by atoms with Crippen molar-refractivity contribution < 1.29 is 26.4 Å². The van der Waals surface area contributed by atoms with E-state index in [2.05, 4.69) is 10.3 Å². The van der Waals surface area contributed by atoms with Crippen molar-refractivity contribution in [2.45, 2.75) is 61.9 Å². The topological polar surface area (TPSA) is 76.1 Å². The minimum absolute atomic E-state index is 0.167. The van der Waals surface area contributed by atoms with Crippen LogP contribution in [0.4, 0.5) is 19.0 Å². The van der Waals surface area contributed by atoms with E-state index >= 15 is 0 Å². The van der Waals surface area contributed by atoms with E-state index in [1.54, 1.807) is 25.1 Å². The Hall–Kier alpha value is -2.42. The molecule has 1 aliphatic carbocycles. The number of hydrogen-bond acceptors (Lipinski definition) is 4. The summed E-state index contributed by atoms with van der Waals surface area (Å²) < 4.78 is 65.5. The number of amides is 1. The van der Waals surface area contributed by atoms with Crippen LogP contribution in [0.2, 0.25) is 0 Å². The molecule has 32 heavy (non-hydrogen) atoms. The van der Waals surface area contributed by atoms with Crippen molar-refractivity contribution in [2.75, 3.05) is 11.6 Å². The quantitative estimate of drug-likeness (QED) is 0.593. The first-order chi connectivity index (χ1) is 15.0. The van der Waals surface area contributed by atoms with Crippen LogP contribution in [-0.2, 0) is 26.2 Å². The number of nitrogens with one attached hydrogen (secondary N) is 1. The van der Waals surface area contributed by atoms with Gasteiger partial charge in [0.1, 0.15) is 5.82 Å². The number of sulfone groups is 1. The third-order valence-electron chi connectivity index (χ3n) is 6.29. The SMILES string of the molecule is CCC(CC1CCCC1)(C(=O)Nc1ccccn1)c1ccc(S(C)(=O)=O)c(C(F)(F)F)c1. The number of carbonyl (C=O) groups excluding carboxylic acids is 1. The third kappa shape index (κ3) is 5.14. The molecule has 0 saturated heterocycles. The molecule has 1 saturated carbocycles. The molecular weight excluding hydrogens is 441 g/mol. The summed E-state index contributed by atoms with van der Waals surface area (Å²) in [6.45, 7) is 1.77. The summed E-state index contributed by atoms with van der Waals surface area (Å²) in [6.07, 6.45) is 1.90. The fourth-order valence-corrected chi connectivity index (χ4v) is 5.49. The molecule has 1 atom stereocenters. The van der Waals surface area contributed by atoms with Crippen molar-refractivity contribution in [1.82, 2.24) is 4.98 Å². The zero-order valence-corrected chi connectivity index (χ0v) is 18.9. The lowest BCUT2D eigenvalue weighted by molar-refractivity contribution is -0.140. The minimum atomic E-state index is -4.88. The first-order valence-electron chi connectivity index (χ1n) is 10.6. The number of halogens is 3. The maximum absolute atomic E-state index is 13.8. The van der Waals surface area contributed by atoms with Gasteiger partial charge < -0.3 is 5.32 Å². The van der Waals surface area contributed by atoms with Gasteiger partial charge in [0.2, 0.25) is 5.91 Å². The highest BCUT2D eigenvalue weighted by Gasteiger charge is 2.44. The molecule has 2 aromatic rings. The number of nitrogens with zero attached hydrogens (tertiary/aromatic N) is 1. The van der Waals surface area contributed by atoms with Crippen LogP contribution in [0.3, 0.4) is 0 Å². The van der Waals surface area contributed by atoms with Crippen LogP contribution < -0.4 is 5.32 Å². The fraction of sp³-hybridized carbons (Fsp3) is 0.478. The molecule has 1 fully saturated rings. The van der Waals surface area contributed by atoms with Gasteiger partial charge in [-0.05, 0) is 48.6 Å². The average molecular weight is 469 g/mol. The summed E-state index contributed by atoms with van der Waals surface area (Å²) in [5.41, 5.74) is -2.32. The molecule has 3 rings (SSSR count). The van der Waals surface area contributed by atoms with Gasteiger partial charge in [0.05, 0.1) is 15.9 Å². The second-order valence-electron chi connectivity index (χ2n) is 8.44. The Morgan fingerprint density at radius 1 is 1.16 bits per heavy atom. The van der Waals surface area contributed by atoms with Crippen molar-refractivity contribution in [3.63, 3.8) is 0 Å². The number of rotatable bonds is 7. The first kappa shape index (κ1) is 24.2. The Morgan fingerprint density at radius 3 is 2.38 bits per heavy atom. The highest BCUT2D eigenvalue weighted by Crippen LogP contribution is 2.44. The van der Waals surface area contributed by atoms with E-state index in [0.717, 1.165) is 44.1 Å². The van der Waals surface area contributed by atoms with Gasteiger partial charge in [-0.25, -0.2) is 13.4 Å². The summed E-state index contributed by atoms with van der Waals surface area (Å²) in [5.74, 6) is 0.0738. The summed E-state index contributed by atoms with van der Waals surface area (Å²) in [4.78, 5) is 16.9. The Kier molecular flexibility index (Phi) is 6.97. The Balaban J connectivity index is 2.14. The van der Waals surface area contributed by atoms with Gasteiger partial charge in [-0.15, -0.1) is 0 Å². The van der Waals surface area contributed by atoms with Crippen LogP contribution in [0.5, 0.6) is 0 Å². The molecule has 174 valence electrons. The number of benzene rings is 1. The molecule has 1 unspecified atom stereocenters. The van der Waals surface area contributed by atoms with Gasteiger partial charge in [-0.2, -0.15) is 13.2 Å². The van der Waals surface area contributed by atoms with Gasteiger partial charge in [-0.3, -0.25) is 4.79 Å². The monoisotopic (exact) mass is 468 g/mol. The predicted molar refractivity (Wildman–Crippen MR) is 116 cm³/mol. The smallest absolute Gasteiger partial charge is 0.310 e. The number of alkyl halides is 3. The standard InChI is InChI=1S/C23H27F3N2O3S/c1-3-22(15-16-8-4-5-9-16,21(29)28-20-10-6-7-13-27-20)17-11-12-19(32(2,30)31)18(14-17)23(24,25)26/h6-7,10-14,16H,3-5,8-9,15H2,1-2H3,(H,27,28,29). The number of hydrogen-bond donors (Lipinski definition) is 1. The number of anilines is 1. The highest BCUT2D eigenvalue weighted by molar-refractivity contribution is 7.90. The predicted octanol–water partition coefficient (Wildman–Crippen LogP) is 5.37. The van der Waals surface area contributed by atoms with Crippen molar-refractivity contribution >= 4 is 21.6 Å². The lowest BCUT2D eigenvalue weighted by Crippen LogP contribution is -2.42. The van der Waals surface area contributed by atoms with Crippen LogP contribution in [0, 0.1) is 5.92 Å². The number of aromatic nitrogens is 1. The summed E-state index contributed by atoms with van der Waals surface area (Å²) in [5, 5.41) is 2.76. The Labute approximate surface area is 186 Å². The van der Waals surface area contributed by atoms with Gasteiger partial charge >= 0.3 is 6.18 Å². The molecule has 5 nitrogen and oxygen atoms in total. The second-order valence-corrected chi connectivity index (χ2v) is 10.4. The van der Waals surface area contributed by atoms with Crippen LogP contribution in [0.1, 0.15) is 56.6 Å². The average Bonchev–Trinajstić information content (AvgIpc) is 3.24. The Bertz CT molecular complexity index is 1070. The molecule has 1 aliphatic rings. The minimum Gasteiger partial charge on any atom is -0.310 e. The maximum atomic E-state index is 13.8. The van der Waals surface area contributed by atoms with E-state index < -0.39 is 37.8 Å². The summed E-state index contributed by atoms with van der Waals surface area (Å²) >= 11 is 0. The maximum Gasteiger partial charge on any atom is 0.417 e. The van der Waals surface area contributed by atoms with Crippen LogP contribution in [0.15, 0.2) is 47.5 Å². The van der Waals surface area contributed by atoms with E-state index in [4.69, 9.17) is 0 Å². The normalized spacial score (nSPS) is 17.2. The van der Waals surface area contributed by atoms with Gasteiger partial charge in [0.15, 0.2) is 9.84 Å². The molecule has 0 spiro atoms. The van der Waals surface area contributed by atoms with Crippen LogP contribution >= 0.6 is 0 Å². The molecule has 1 N–H and O–H groups in total. The molecule has 1 heterocycles. The first-order valence-corrected chi connectivity index (χ1v) is 12.5. The van der Waals surface area contributed by atoms with Gasteiger partial charge in [0, 0.05) is 12.5 Å². The molecular formula is C23H27F3N2O3S. The Morgan fingerprint density at radius 2 is 1.84 bits per heavy atom. The molecule has 1 aromatic carbocycles. The molecule has 1 amide bonds. The number of carbonyl (C=O) groups is 1. The largest absolute Gasteiger partial charge is 0.417 e. The number of pyridine rings is 1. The zero-order chi connectivity index (χ0) is 23.6. The molecule has 1 aromatic heterocycles. The van der Waals surface area contributed by atoms with Crippen LogP contribution in [0.25, 0.3) is 0 Å². The van der Waals surface area contributed by atoms with E-state index in [1.807, 2.05) is 0 Å². The van der Waals surface area contributed by atoms with Crippen LogP contribution in [-0.4, -0.2) is 25.6 Å². The molecule has 0 aliphatic heterocycles. The second kappa shape index (κ2) is 9.21. The van der Waals surface area contributed by atoms with Gasteiger partial charge in [-0.1, -0.05) is 44.7 Å². The lowest BCUT2D eigenvalue weighted by Gasteiger charge is -2.35. The van der Waals surface area contributed by atoms with Crippen molar-refractivity contribution in [2.24, 2.45) is 5.92 Å². The van der Waals surface area contributed by atoms with Crippen molar-refractivity contribution in [3.05, 3.63) is 53.7 Å². The van der Waals surface area contributed by atoms with E-state index in [9.17, 15) is 26.4 Å². The van der Waals surface area contributed by atoms with E-state index in [-0.39, 0.29) is 17.9 Å². The van der Waals surface area contributed by atoms with Crippen molar-refractivity contribution in [1.29, 1.82) is 0 Å². The third-order valence-corrected chi connectivity index (χ3v) is 7.45. The molecule has 0 bridgehead atoms. The molecule has 0 radical (unpaired) electrons.